The third-order valence-corrected chi connectivity index (χ3v) is 5.59. The van der Waals surface area contributed by atoms with Gasteiger partial charge in [-0.15, -0.1) is 0 Å². The zero-order valence-corrected chi connectivity index (χ0v) is 14.6. The van der Waals surface area contributed by atoms with Crippen LogP contribution in [0.1, 0.15) is 39.0 Å². The molecule has 0 aromatic rings. The molecule has 0 heterocycles. The van der Waals surface area contributed by atoms with Crippen molar-refractivity contribution in [3.05, 3.63) is 0 Å². The van der Waals surface area contributed by atoms with Crippen LogP contribution in [0.5, 0.6) is 0 Å². The normalized spacial score (nSPS) is 26.6. The Bertz CT molecular complexity index is 400. The fraction of sp³-hybridized carbons (Fsp3) is 1.00. The maximum Gasteiger partial charge on any atom is 0.148 e. The maximum atomic E-state index is 11.2. The summed E-state index contributed by atoms with van der Waals surface area (Å²) in [6.07, 6.45) is 6.72. The van der Waals surface area contributed by atoms with Gasteiger partial charge in [-0.3, -0.25) is 0 Å². The van der Waals surface area contributed by atoms with Gasteiger partial charge >= 0.3 is 0 Å². The van der Waals surface area contributed by atoms with Gasteiger partial charge in [0.05, 0.1) is 12.4 Å². The fourth-order valence-electron chi connectivity index (χ4n) is 3.25. The number of nitrogens with one attached hydrogen (secondary N) is 1. The Morgan fingerprint density at radius 2 is 2.10 bits per heavy atom. The number of hydrogen-bond donors (Lipinski definition) is 2. The van der Waals surface area contributed by atoms with Crippen LogP contribution in [0.2, 0.25) is 0 Å². The number of aliphatic hydroxyl groups excluding tert-OH is 1. The molecule has 0 spiro atoms. The molecule has 0 aromatic heterocycles. The summed E-state index contributed by atoms with van der Waals surface area (Å²) >= 11 is 0. The lowest BCUT2D eigenvalue weighted by Gasteiger charge is -2.36. The lowest BCUT2D eigenvalue weighted by molar-refractivity contribution is 0.114. The van der Waals surface area contributed by atoms with Crippen LogP contribution in [0.15, 0.2) is 0 Å². The van der Waals surface area contributed by atoms with Crippen LogP contribution in [0, 0.1) is 5.92 Å². The van der Waals surface area contributed by atoms with E-state index in [0.717, 1.165) is 45.2 Å². The minimum Gasteiger partial charge on any atom is -0.394 e. The average Bonchev–Trinajstić information content (AvgIpc) is 2.83. The number of hydrogen-bond acceptors (Lipinski definition) is 5. The van der Waals surface area contributed by atoms with Crippen molar-refractivity contribution in [3.63, 3.8) is 0 Å². The van der Waals surface area contributed by atoms with E-state index >= 15 is 0 Å². The first-order valence-electron chi connectivity index (χ1n) is 8.05. The summed E-state index contributed by atoms with van der Waals surface area (Å²) in [6, 6.07) is 0. The molecule has 0 aromatic carbocycles. The van der Waals surface area contributed by atoms with E-state index in [0.29, 0.717) is 12.5 Å². The Morgan fingerprint density at radius 3 is 2.67 bits per heavy atom. The molecule has 2 atom stereocenters. The standard InChI is InChI=1S/C15H32N2O3S/c1-4-9-16-15(13-18)8-5-6-14(15)7-10-17(2)11-12-21(3,19)20/h14,16,18H,4-13H2,1-3H3. The molecule has 126 valence electrons. The molecule has 1 saturated carbocycles. The quantitative estimate of drug-likeness (QED) is 0.625. The van der Waals surface area contributed by atoms with E-state index in [2.05, 4.69) is 17.1 Å². The lowest BCUT2D eigenvalue weighted by atomic mass is 9.85. The average molecular weight is 320 g/mol. The highest BCUT2D eigenvalue weighted by Gasteiger charge is 2.41. The Morgan fingerprint density at radius 1 is 1.38 bits per heavy atom. The van der Waals surface area contributed by atoms with Gasteiger partial charge in [0.1, 0.15) is 9.84 Å². The van der Waals surface area contributed by atoms with Crippen molar-refractivity contribution in [1.29, 1.82) is 0 Å². The predicted molar refractivity (Wildman–Crippen MR) is 87.3 cm³/mol. The number of sulfone groups is 1. The maximum absolute atomic E-state index is 11.2. The van der Waals surface area contributed by atoms with E-state index in [1.54, 1.807) is 0 Å². The summed E-state index contributed by atoms with van der Waals surface area (Å²) in [5.74, 6) is 0.697. The monoisotopic (exact) mass is 320 g/mol. The Balaban J connectivity index is 2.45. The van der Waals surface area contributed by atoms with Gasteiger partial charge < -0.3 is 15.3 Å². The number of rotatable bonds is 10. The van der Waals surface area contributed by atoms with E-state index < -0.39 is 9.84 Å². The molecule has 21 heavy (non-hydrogen) atoms. The zero-order valence-electron chi connectivity index (χ0n) is 13.8. The molecular formula is C15H32N2O3S. The molecule has 0 radical (unpaired) electrons. The van der Waals surface area contributed by atoms with Crippen LogP contribution < -0.4 is 5.32 Å². The first-order chi connectivity index (χ1) is 9.83. The van der Waals surface area contributed by atoms with Crippen LogP contribution in [0.4, 0.5) is 0 Å². The largest absolute Gasteiger partial charge is 0.394 e. The van der Waals surface area contributed by atoms with Crippen LogP contribution in [0.3, 0.4) is 0 Å². The van der Waals surface area contributed by atoms with Gasteiger partial charge in [0, 0.05) is 18.3 Å². The molecule has 2 N–H and O–H groups in total. The SMILES string of the molecule is CCCNC1(CO)CCCC1CCN(C)CCS(C)(=O)=O. The predicted octanol–water partition coefficient (Wildman–Crippen LogP) is 0.884. The molecule has 1 aliphatic rings. The van der Waals surface area contributed by atoms with Crippen molar-refractivity contribution >= 4 is 9.84 Å². The topological polar surface area (TPSA) is 69.6 Å². The van der Waals surface area contributed by atoms with Crippen molar-refractivity contribution in [2.75, 3.05) is 45.3 Å². The molecule has 1 fully saturated rings. The molecule has 2 unspecified atom stereocenters. The van der Waals surface area contributed by atoms with Crippen LogP contribution >= 0.6 is 0 Å². The smallest absolute Gasteiger partial charge is 0.148 e. The zero-order chi connectivity index (χ0) is 15.9. The summed E-state index contributed by atoms with van der Waals surface area (Å²) in [5, 5.41) is 13.4. The molecular weight excluding hydrogens is 288 g/mol. The van der Waals surface area contributed by atoms with Gasteiger partial charge in [0.25, 0.3) is 0 Å². The Labute approximate surface area is 130 Å². The van der Waals surface area contributed by atoms with Gasteiger partial charge in [0.2, 0.25) is 0 Å². The highest BCUT2D eigenvalue weighted by Crippen LogP contribution is 2.37. The second-order valence-electron chi connectivity index (χ2n) is 6.55. The van der Waals surface area contributed by atoms with Crippen molar-refractivity contribution < 1.29 is 13.5 Å². The van der Waals surface area contributed by atoms with E-state index in [9.17, 15) is 13.5 Å². The van der Waals surface area contributed by atoms with Gasteiger partial charge in [-0.05, 0) is 51.7 Å². The van der Waals surface area contributed by atoms with Crippen LogP contribution in [-0.4, -0.2) is 69.3 Å². The Kier molecular flexibility index (Phi) is 7.60. The summed E-state index contributed by atoms with van der Waals surface area (Å²) < 4.78 is 22.4. The molecule has 1 aliphatic carbocycles. The van der Waals surface area contributed by atoms with Crippen molar-refractivity contribution in [3.8, 4) is 0 Å². The number of aliphatic hydroxyl groups is 1. The third kappa shape index (κ3) is 6.22. The molecule has 0 amide bonds. The van der Waals surface area contributed by atoms with E-state index in [1.807, 2.05) is 7.05 Å². The minimum absolute atomic E-state index is 0.117. The van der Waals surface area contributed by atoms with Gasteiger partial charge in [-0.25, -0.2) is 8.42 Å². The first kappa shape index (κ1) is 18.9. The molecule has 0 bridgehead atoms. The van der Waals surface area contributed by atoms with E-state index in [4.69, 9.17) is 0 Å². The van der Waals surface area contributed by atoms with Gasteiger partial charge in [-0.1, -0.05) is 13.3 Å². The molecule has 6 heteroatoms. The summed E-state index contributed by atoms with van der Waals surface area (Å²) in [6.45, 7) is 4.75. The minimum atomic E-state index is -2.89. The highest BCUT2D eigenvalue weighted by molar-refractivity contribution is 7.90. The fourth-order valence-corrected chi connectivity index (χ4v) is 3.89. The van der Waals surface area contributed by atoms with E-state index in [-0.39, 0.29) is 17.9 Å². The van der Waals surface area contributed by atoms with Crippen LogP contribution in [-0.2, 0) is 9.84 Å². The molecule has 5 nitrogen and oxygen atoms in total. The van der Waals surface area contributed by atoms with Gasteiger partial charge in [-0.2, -0.15) is 0 Å². The second kappa shape index (κ2) is 8.46. The van der Waals surface area contributed by atoms with E-state index in [1.165, 1.54) is 6.26 Å². The first-order valence-corrected chi connectivity index (χ1v) is 10.1. The summed E-state index contributed by atoms with van der Waals surface area (Å²) in [7, 11) is -0.918. The third-order valence-electron chi connectivity index (χ3n) is 4.67. The molecule has 0 aliphatic heterocycles. The van der Waals surface area contributed by atoms with Crippen molar-refractivity contribution in [2.45, 2.75) is 44.6 Å². The highest BCUT2D eigenvalue weighted by atomic mass is 32.2. The molecule has 1 rings (SSSR count). The van der Waals surface area contributed by atoms with Crippen molar-refractivity contribution in [1.82, 2.24) is 10.2 Å². The van der Waals surface area contributed by atoms with Crippen LogP contribution in [0.25, 0.3) is 0 Å². The second-order valence-corrected chi connectivity index (χ2v) is 8.81. The van der Waals surface area contributed by atoms with Crippen molar-refractivity contribution in [2.24, 2.45) is 5.92 Å². The Hall–Kier alpha value is -0.170. The lowest BCUT2D eigenvalue weighted by Crippen LogP contribution is -2.52. The summed E-state index contributed by atoms with van der Waals surface area (Å²) in [4.78, 5) is 2.08. The van der Waals surface area contributed by atoms with Gasteiger partial charge in [0.15, 0.2) is 0 Å². The summed E-state index contributed by atoms with van der Waals surface area (Å²) in [5.41, 5.74) is -0.117. The molecule has 0 saturated heterocycles. The number of nitrogens with zero attached hydrogens (tertiary/aromatic N) is 1.